The Bertz CT molecular complexity index is 1140. The van der Waals surface area contributed by atoms with Gasteiger partial charge in [0.05, 0.1) is 6.61 Å². The van der Waals surface area contributed by atoms with Crippen LogP contribution in [-0.4, -0.2) is 72.7 Å². The summed E-state index contributed by atoms with van der Waals surface area (Å²) in [5.41, 5.74) is -0.221. The van der Waals surface area contributed by atoms with Crippen molar-refractivity contribution < 1.29 is 36.2 Å². The number of anilines is 1. The van der Waals surface area contributed by atoms with Crippen molar-refractivity contribution in [2.45, 2.75) is 37.8 Å². The van der Waals surface area contributed by atoms with Gasteiger partial charge in [0, 0.05) is 44.0 Å². The maximum Gasteiger partial charge on any atom is 0.490 e. The third kappa shape index (κ3) is 6.64. The van der Waals surface area contributed by atoms with Gasteiger partial charge < -0.3 is 14.7 Å². The Labute approximate surface area is 208 Å². The molecule has 1 aromatic carbocycles. The molecule has 0 atom stereocenters. The van der Waals surface area contributed by atoms with E-state index in [0.29, 0.717) is 25.4 Å². The maximum absolute atomic E-state index is 13.4. The number of hydrogen-bond donors (Lipinski definition) is 1. The van der Waals surface area contributed by atoms with Gasteiger partial charge in [0.15, 0.2) is 0 Å². The van der Waals surface area contributed by atoms with E-state index in [1.54, 1.807) is 34.9 Å². The summed E-state index contributed by atoms with van der Waals surface area (Å²) in [5.74, 6) is -1.33. The molecule has 1 saturated heterocycles. The molecule has 0 bridgehead atoms. The molecule has 0 radical (unpaired) electrons. The molecule has 1 aromatic heterocycles. The van der Waals surface area contributed by atoms with Crippen LogP contribution in [0.4, 0.5) is 19.1 Å². The average Bonchev–Trinajstić information content (AvgIpc) is 2.82. The second-order valence-electron chi connectivity index (χ2n) is 9.27. The molecule has 0 amide bonds. The lowest BCUT2D eigenvalue weighted by atomic mass is 9.78. The Hall–Kier alpha value is -2.93. The number of fused-ring (bicyclic) bond motifs is 1. The number of carbonyl (C=O) groups is 1. The molecule has 13 heteroatoms. The molecule has 4 rings (SSSR count). The zero-order chi connectivity index (χ0) is 26.6. The van der Waals surface area contributed by atoms with Crippen LogP contribution < -0.4 is 9.64 Å². The summed E-state index contributed by atoms with van der Waals surface area (Å²) in [7, 11) is -3.61. The van der Waals surface area contributed by atoms with Gasteiger partial charge in [0.1, 0.15) is 10.6 Å². The summed E-state index contributed by atoms with van der Waals surface area (Å²) in [6, 6.07) is 8.79. The molecule has 2 aliphatic rings. The van der Waals surface area contributed by atoms with Crippen LogP contribution >= 0.6 is 0 Å². The Kier molecular flexibility index (Phi) is 8.44. The fourth-order valence-corrected chi connectivity index (χ4v) is 6.01. The number of rotatable bonds is 3. The fraction of sp³-hybridized carbons (Fsp3) is 0.522. The monoisotopic (exact) mass is 530 g/mol. The summed E-state index contributed by atoms with van der Waals surface area (Å²) in [4.78, 5) is 20.0. The molecule has 1 fully saturated rings. The fourth-order valence-electron chi connectivity index (χ4n) is 4.17. The summed E-state index contributed by atoms with van der Waals surface area (Å²) in [5, 5.41) is 7.12. The minimum atomic E-state index is -5.08. The summed E-state index contributed by atoms with van der Waals surface area (Å²) in [6.45, 7) is 7.17. The second-order valence-corrected chi connectivity index (χ2v) is 11.2. The van der Waals surface area contributed by atoms with E-state index in [4.69, 9.17) is 14.6 Å². The van der Waals surface area contributed by atoms with Crippen molar-refractivity contribution in [2.75, 3.05) is 37.7 Å². The predicted molar refractivity (Wildman–Crippen MR) is 125 cm³/mol. The minimum Gasteiger partial charge on any atom is -0.492 e. The average molecular weight is 531 g/mol. The zero-order valence-corrected chi connectivity index (χ0v) is 20.8. The number of halogens is 3. The van der Waals surface area contributed by atoms with Crippen LogP contribution in [0.3, 0.4) is 0 Å². The van der Waals surface area contributed by atoms with Gasteiger partial charge in [-0.15, -0.1) is 0 Å². The van der Waals surface area contributed by atoms with Crippen molar-refractivity contribution in [3.05, 3.63) is 42.7 Å². The molecule has 0 aliphatic carbocycles. The van der Waals surface area contributed by atoms with E-state index in [0.717, 1.165) is 31.9 Å². The lowest BCUT2D eigenvalue weighted by molar-refractivity contribution is -0.192. The van der Waals surface area contributed by atoms with Crippen LogP contribution in [0.2, 0.25) is 0 Å². The predicted octanol–water partition coefficient (Wildman–Crippen LogP) is 3.44. The number of para-hydroxylation sites is 1. The number of carboxylic acids is 1. The van der Waals surface area contributed by atoms with Crippen molar-refractivity contribution in [1.82, 2.24) is 14.3 Å². The largest absolute Gasteiger partial charge is 0.492 e. The lowest BCUT2D eigenvalue weighted by Crippen LogP contribution is -2.52. The number of benzene rings is 1. The summed E-state index contributed by atoms with van der Waals surface area (Å²) >= 11 is 0. The molecule has 9 nitrogen and oxygen atoms in total. The van der Waals surface area contributed by atoms with Crippen molar-refractivity contribution in [3.63, 3.8) is 0 Å². The highest BCUT2D eigenvalue weighted by molar-refractivity contribution is 7.89. The van der Waals surface area contributed by atoms with Crippen LogP contribution in [0.15, 0.2) is 47.6 Å². The van der Waals surface area contributed by atoms with Gasteiger partial charge in [-0.05, 0) is 37.0 Å². The van der Waals surface area contributed by atoms with Crippen molar-refractivity contribution in [1.29, 1.82) is 0 Å². The first-order valence-electron chi connectivity index (χ1n) is 11.4. The first-order chi connectivity index (χ1) is 16.8. The van der Waals surface area contributed by atoms with Gasteiger partial charge in [0.25, 0.3) is 0 Å². The van der Waals surface area contributed by atoms with Crippen LogP contribution in [0.1, 0.15) is 26.7 Å². The smallest absolute Gasteiger partial charge is 0.490 e. The van der Waals surface area contributed by atoms with Crippen molar-refractivity contribution in [2.24, 2.45) is 11.3 Å². The third-order valence-electron chi connectivity index (χ3n) is 5.98. The number of piperidine rings is 1. The highest BCUT2D eigenvalue weighted by Crippen LogP contribution is 2.39. The van der Waals surface area contributed by atoms with E-state index in [2.05, 4.69) is 28.7 Å². The van der Waals surface area contributed by atoms with Crippen molar-refractivity contribution in [3.8, 4) is 5.75 Å². The van der Waals surface area contributed by atoms with Crippen LogP contribution in [0.5, 0.6) is 5.75 Å². The van der Waals surface area contributed by atoms with Gasteiger partial charge in [-0.1, -0.05) is 26.0 Å². The number of sulfonamides is 1. The van der Waals surface area contributed by atoms with E-state index >= 15 is 0 Å². The molecule has 3 heterocycles. The number of carboxylic acid groups (broad SMARTS) is 1. The number of aromatic nitrogens is 2. The zero-order valence-electron chi connectivity index (χ0n) is 20.0. The van der Waals surface area contributed by atoms with Gasteiger partial charge in [-0.25, -0.2) is 23.2 Å². The molecule has 0 saturated carbocycles. The van der Waals surface area contributed by atoms with Gasteiger partial charge in [-0.2, -0.15) is 17.5 Å². The number of alkyl halides is 3. The van der Waals surface area contributed by atoms with Crippen molar-refractivity contribution >= 4 is 21.9 Å². The van der Waals surface area contributed by atoms with Gasteiger partial charge in [-0.3, -0.25) is 0 Å². The topological polar surface area (TPSA) is 113 Å². The van der Waals surface area contributed by atoms with Gasteiger partial charge >= 0.3 is 12.1 Å². The van der Waals surface area contributed by atoms with E-state index in [1.807, 2.05) is 12.1 Å². The number of nitrogens with zero attached hydrogens (tertiary/aromatic N) is 4. The maximum atomic E-state index is 13.4. The molecule has 198 valence electrons. The molecule has 2 aliphatic heterocycles. The third-order valence-corrected chi connectivity index (χ3v) is 7.83. The molecular formula is C23H29F3N4O5S. The van der Waals surface area contributed by atoms with E-state index in [9.17, 15) is 21.6 Å². The molecule has 1 N–H and O–H groups in total. The first kappa shape index (κ1) is 27.7. The summed E-state index contributed by atoms with van der Waals surface area (Å²) < 4.78 is 66.4. The number of ether oxygens (including phenoxy) is 1. The second kappa shape index (κ2) is 11.0. The molecule has 36 heavy (non-hydrogen) atoms. The normalized spacial score (nSPS) is 19.3. The van der Waals surface area contributed by atoms with Crippen LogP contribution in [0.25, 0.3) is 0 Å². The van der Waals surface area contributed by atoms with Crippen LogP contribution in [0, 0.1) is 11.3 Å². The quantitative estimate of drug-likeness (QED) is 0.642. The Morgan fingerprint density at radius 1 is 1.14 bits per heavy atom. The lowest BCUT2D eigenvalue weighted by Gasteiger charge is -2.45. The van der Waals surface area contributed by atoms with E-state index in [-0.39, 0.29) is 16.2 Å². The number of aliphatic carboxylic acids is 1. The molecule has 0 unspecified atom stereocenters. The standard InChI is InChI=1S/C21H28N4O3S.C2HF3O2/c1-17(2)14-25-15-21(8-12-24(13-9-21)20-22-10-5-11-23-20)16-28-18-6-3-4-7-19(18)29(25,26)27;3-2(4,5)1(6)7/h3-7,10-11,17H,8-9,12-16H2,1-2H3;(H,6,7). The SMILES string of the molecule is CC(C)CN1CC2(CCN(c3ncccn3)CC2)COc2ccccc2S1(=O)=O.O=C(O)C(F)(F)F. The Morgan fingerprint density at radius 2 is 1.72 bits per heavy atom. The highest BCUT2D eigenvalue weighted by atomic mass is 32.2. The van der Waals surface area contributed by atoms with Gasteiger partial charge in [0.2, 0.25) is 16.0 Å². The molecule has 2 aromatic rings. The Morgan fingerprint density at radius 3 is 2.28 bits per heavy atom. The Balaban J connectivity index is 0.000000454. The highest BCUT2D eigenvalue weighted by Gasteiger charge is 2.43. The minimum absolute atomic E-state index is 0.221. The summed E-state index contributed by atoms with van der Waals surface area (Å²) in [6.07, 6.45) is 0.0775. The molecular weight excluding hydrogens is 501 g/mol. The van der Waals surface area contributed by atoms with E-state index in [1.165, 1.54) is 0 Å². The van der Waals surface area contributed by atoms with E-state index < -0.39 is 22.2 Å². The first-order valence-corrected chi connectivity index (χ1v) is 12.8. The molecule has 1 spiro atoms. The number of hydrogen-bond acceptors (Lipinski definition) is 7. The van der Waals surface area contributed by atoms with Crippen LogP contribution in [-0.2, 0) is 14.8 Å².